The topological polar surface area (TPSA) is 109 Å². The minimum Gasteiger partial charge on any atom is -0.369 e. The molecule has 0 saturated carbocycles. The van der Waals surface area contributed by atoms with E-state index in [0.717, 1.165) is 36.5 Å². The van der Waals surface area contributed by atoms with Crippen LogP contribution in [-0.2, 0) is 14.4 Å². The van der Waals surface area contributed by atoms with Crippen LogP contribution < -0.4 is 20.9 Å². The number of primary amides is 1. The first-order valence-electron chi connectivity index (χ1n) is 10.6. The monoisotopic (exact) mass is 421 g/mol. The average Bonchev–Trinajstić information content (AvgIpc) is 3.17. The van der Waals surface area contributed by atoms with E-state index in [2.05, 4.69) is 10.3 Å². The number of piperidine rings is 1. The zero-order chi connectivity index (χ0) is 22.0. The largest absolute Gasteiger partial charge is 0.369 e. The number of rotatable bonds is 5. The number of carbonyl (C=O) groups is 3. The number of aryl methyl sites for hydroxylation is 1. The molecule has 0 radical (unpaired) electrons. The summed E-state index contributed by atoms with van der Waals surface area (Å²) in [5.41, 5.74) is 7.96. The number of hydrogen-bond acceptors (Lipinski definition) is 5. The van der Waals surface area contributed by atoms with Crippen molar-refractivity contribution >= 4 is 34.9 Å². The first-order valence-corrected chi connectivity index (χ1v) is 10.6. The Hall–Kier alpha value is -3.42. The minimum atomic E-state index is -0.410. The highest BCUT2D eigenvalue weighted by Crippen LogP contribution is 2.27. The molecule has 8 nitrogen and oxygen atoms in total. The Kier molecular flexibility index (Phi) is 5.88. The Morgan fingerprint density at radius 1 is 1.10 bits per heavy atom. The summed E-state index contributed by atoms with van der Waals surface area (Å²) in [4.78, 5) is 44.8. The third kappa shape index (κ3) is 4.68. The maximum Gasteiger partial charge on any atom is 0.229 e. The lowest BCUT2D eigenvalue weighted by Gasteiger charge is -2.32. The molecule has 2 unspecified atom stereocenters. The van der Waals surface area contributed by atoms with E-state index in [0.29, 0.717) is 18.8 Å². The highest BCUT2D eigenvalue weighted by atomic mass is 16.2. The summed E-state index contributed by atoms with van der Waals surface area (Å²) >= 11 is 0. The molecule has 1 aromatic heterocycles. The van der Waals surface area contributed by atoms with Gasteiger partial charge in [-0.3, -0.25) is 14.4 Å². The second-order valence-corrected chi connectivity index (χ2v) is 8.32. The third-order valence-electron chi connectivity index (χ3n) is 6.00. The fraction of sp³-hybridized carbons (Fsp3) is 0.391. The van der Waals surface area contributed by atoms with Gasteiger partial charge in [0.1, 0.15) is 5.82 Å². The molecule has 2 fully saturated rings. The smallest absolute Gasteiger partial charge is 0.229 e. The van der Waals surface area contributed by atoms with Crippen molar-refractivity contribution < 1.29 is 14.4 Å². The molecular formula is C23H27N5O3. The van der Waals surface area contributed by atoms with E-state index in [4.69, 9.17) is 5.73 Å². The fourth-order valence-electron chi connectivity index (χ4n) is 4.17. The minimum absolute atomic E-state index is 0.0495. The summed E-state index contributed by atoms with van der Waals surface area (Å²) in [7, 11) is 0. The van der Waals surface area contributed by atoms with E-state index in [1.165, 1.54) is 0 Å². The zero-order valence-electron chi connectivity index (χ0n) is 17.6. The van der Waals surface area contributed by atoms with Gasteiger partial charge in [0, 0.05) is 31.7 Å². The van der Waals surface area contributed by atoms with Crippen molar-refractivity contribution in [3.05, 3.63) is 48.2 Å². The number of pyridine rings is 1. The number of anilines is 3. The van der Waals surface area contributed by atoms with Gasteiger partial charge in [-0.15, -0.1) is 0 Å². The molecule has 3 N–H and O–H groups in total. The molecule has 2 atom stereocenters. The normalized spacial score (nSPS) is 21.3. The van der Waals surface area contributed by atoms with Crippen molar-refractivity contribution in [2.45, 2.75) is 26.2 Å². The van der Waals surface area contributed by atoms with Crippen LogP contribution in [0.3, 0.4) is 0 Å². The van der Waals surface area contributed by atoms with Gasteiger partial charge in [-0.05, 0) is 44.0 Å². The molecule has 0 spiro atoms. The molecule has 0 aliphatic carbocycles. The van der Waals surface area contributed by atoms with Crippen LogP contribution in [0.25, 0.3) is 0 Å². The van der Waals surface area contributed by atoms with Crippen molar-refractivity contribution in [1.82, 2.24) is 4.98 Å². The van der Waals surface area contributed by atoms with Crippen LogP contribution in [0.4, 0.5) is 17.2 Å². The van der Waals surface area contributed by atoms with E-state index >= 15 is 0 Å². The second kappa shape index (κ2) is 8.75. The molecule has 3 amide bonds. The maximum atomic E-state index is 12.7. The Labute approximate surface area is 181 Å². The number of aromatic nitrogens is 1. The van der Waals surface area contributed by atoms with Crippen LogP contribution in [0, 0.1) is 18.8 Å². The summed E-state index contributed by atoms with van der Waals surface area (Å²) in [5.74, 6) is -0.334. The molecule has 8 heteroatoms. The molecule has 31 heavy (non-hydrogen) atoms. The number of amides is 3. The van der Waals surface area contributed by atoms with Gasteiger partial charge < -0.3 is 20.9 Å². The van der Waals surface area contributed by atoms with Crippen LogP contribution in [0.2, 0.25) is 0 Å². The molecule has 3 heterocycles. The van der Waals surface area contributed by atoms with Crippen molar-refractivity contribution in [3.8, 4) is 0 Å². The predicted octanol–water partition coefficient (Wildman–Crippen LogP) is 2.08. The van der Waals surface area contributed by atoms with Gasteiger partial charge in [-0.1, -0.05) is 17.7 Å². The standard InChI is InChI=1S/C23H27N5O3/c1-15-4-7-19(8-5-15)28-14-17(11-21(28)29)23(31)26-18-6-9-20(25-12-18)27-10-2-3-16(13-27)22(24)30/h4-9,12,16-17H,2-3,10-11,13-14H2,1H3,(H2,24,30)(H,26,31). The Morgan fingerprint density at radius 2 is 1.87 bits per heavy atom. The van der Waals surface area contributed by atoms with Crippen LogP contribution in [-0.4, -0.2) is 42.3 Å². The highest BCUT2D eigenvalue weighted by molar-refractivity contribution is 6.03. The number of nitrogens with two attached hydrogens (primary N) is 1. The Balaban J connectivity index is 1.36. The van der Waals surface area contributed by atoms with Gasteiger partial charge in [-0.25, -0.2) is 4.98 Å². The highest BCUT2D eigenvalue weighted by Gasteiger charge is 2.35. The van der Waals surface area contributed by atoms with E-state index in [1.807, 2.05) is 42.2 Å². The molecule has 0 bridgehead atoms. The van der Waals surface area contributed by atoms with Gasteiger partial charge in [0.25, 0.3) is 0 Å². The lowest BCUT2D eigenvalue weighted by atomic mass is 9.97. The molecule has 2 saturated heterocycles. The van der Waals surface area contributed by atoms with Crippen LogP contribution in [0.5, 0.6) is 0 Å². The predicted molar refractivity (Wildman–Crippen MR) is 119 cm³/mol. The van der Waals surface area contributed by atoms with E-state index in [9.17, 15) is 14.4 Å². The molecule has 2 aromatic rings. The van der Waals surface area contributed by atoms with Crippen LogP contribution in [0.15, 0.2) is 42.6 Å². The first kappa shape index (κ1) is 20.8. The molecular weight excluding hydrogens is 394 g/mol. The number of nitrogens with zero attached hydrogens (tertiary/aromatic N) is 3. The molecule has 2 aliphatic heterocycles. The summed E-state index contributed by atoms with van der Waals surface area (Å²) in [5, 5.41) is 2.87. The van der Waals surface area contributed by atoms with E-state index in [1.54, 1.807) is 17.2 Å². The maximum absolute atomic E-state index is 12.7. The van der Waals surface area contributed by atoms with Gasteiger partial charge in [-0.2, -0.15) is 0 Å². The van der Waals surface area contributed by atoms with Crippen molar-refractivity contribution in [2.75, 3.05) is 34.8 Å². The van der Waals surface area contributed by atoms with Crippen molar-refractivity contribution in [3.63, 3.8) is 0 Å². The third-order valence-corrected chi connectivity index (χ3v) is 6.00. The van der Waals surface area contributed by atoms with Gasteiger partial charge in [0.15, 0.2) is 0 Å². The molecule has 1 aromatic carbocycles. The van der Waals surface area contributed by atoms with Crippen molar-refractivity contribution in [2.24, 2.45) is 17.6 Å². The van der Waals surface area contributed by atoms with Crippen LogP contribution in [0.1, 0.15) is 24.8 Å². The zero-order valence-corrected chi connectivity index (χ0v) is 17.6. The lowest BCUT2D eigenvalue weighted by Crippen LogP contribution is -2.41. The number of hydrogen-bond donors (Lipinski definition) is 2. The SMILES string of the molecule is Cc1ccc(N2CC(C(=O)Nc3ccc(N4CCCC(C(N)=O)C4)nc3)CC2=O)cc1. The number of benzene rings is 1. The first-order chi connectivity index (χ1) is 14.9. The summed E-state index contributed by atoms with van der Waals surface area (Å²) < 4.78 is 0. The quantitative estimate of drug-likeness (QED) is 0.768. The van der Waals surface area contributed by atoms with E-state index in [-0.39, 0.29) is 30.1 Å². The Morgan fingerprint density at radius 3 is 2.55 bits per heavy atom. The summed E-state index contributed by atoms with van der Waals surface area (Å²) in [6, 6.07) is 11.3. The number of carbonyl (C=O) groups excluding carboxylic acids is 3. The second-order valence-electron chi connectivity index (χ2n) is 8.32. The van der Waals surface area contributed by atoms with E-state index < -0.39 is 5.92 Å². The molecule has 162 valence electrons. The fourth-order valence-corrected chi connectivity index (χ4v) is 4.17. The summed E-state index contributed by atoms with van der Waals surface area (Å²) in [6.07, 6.45) is 3.49. The average molecular weight is 422 g/mol. The van der Waals surface area contributed by atoms with Gasteiger partial charge >= 0.3 is 0 Å². The lowest BCUT2D eigenvalue weighted by molar-refractivity contribution is -0.122. The summed E-state index contributed by atoms with van der Waals surface area (Å²) in [6.45, 7) is 3.74. The Bertz CT molecular complexity index is 974. The van der Waals surface area contributed by atoms with Crippen molar-refractivity contribution in [1.29, 1.82) is 0 Å². The van der Waals surface area contributed by atoms with Gasteiger partial charge in [0.05, 0.1) is 23.7 Å². The number of nitrogens with one attached hydrogen (secondary N) is 1. The molecule has 4 rings (SSSR count). The van der Waals surface area contributed by atoms with Gasteiger partial charge in [0.2, 0.25) is 17.7 Å². The molecule has 2 aliphatic rings. The van der Waals surface area contributed by atoms with Crippen LogP contribution >= 0.6 is 0 Å².